The summed E-state index contributed by atoms with van der Waals surface area (Å²) in [7, 11) is 0. The standard InChI is InChI=1S/C16H19NO3S/c1-2-19-12-5-3-4-6-13(12)20-10-15-17-16(11-7-8-11)14(9-18)21-15/h3-6,11,18H,2,7-10H2,1H3. The zero-order chi connectivity index (χ0) is 14.7. The van der Waals surface area contributed by atoms with Crippen LogP contribution in [0.1, 0.15) is 41.3 Å². The molecule has 1 aromatic carbocycles. The van der Waals surface area contributed by atoms with Crippen LogP contribution in [0.5, 0.6) is 11.5 Å². The number of thiazole rings is 1. The Kier molecular flexibility index (Phi) is 4.41. The van der Waals surface area contributed by atoms with Gasteiger partial charge in [0.15, 0.2) is 11.5 Å². The molecule has 1 saturated carbocycles. The van der Waals surface area contributed by atoms with Crippen molar-refractivity contribution in [3.05, 3.63) is 39.8 Å². The van der Waals surface area contributed by atoms with Gasteiger partial charge in [-0.05, 0) is 31.9 Å². The van der Waals surface area contributed by atoms with Crippen LogP contribution in [0, 0.1) is 0 Å². The molecule has 0 aliphatic heterocycles. The highest BCUT2D eigenvalue weighted by Gasteiger charge is 2.29. The second kappa shape index (κ2) is 6.45. The molecule has 1 fully saturated rings. The first-order valence-corrected chi connectivity index (χ1v) is 8.07. The monoisotopic (exact) mass is 305 g/mol. The van der Waals surface area contributed by atoms with Gasteiger partial charge in [0.05, 0.1) is 23.8 Å². The fourth-order valence-corrected chi connectivity index (χ4v) is 3.18. The lowest BCUT2D eigenvalue weighted by Gasteiger charge is -2.10. The summed E-state index contributed by atoms with van der Waals surface area (Å²) in [6.07, 6.45) is 2.37. The quantitative estimate of drug-likeness (QED) is 0.850. The number of aromatic nitrogens is 1. The lowest BCUT2D eigenvalue weighted by molar-refractivity contribution is 0.269. The molecule has 1 aliphatic rings. The highest BCUT2D eigenvalue weighted by molar-refractivity contribution is 7.11. The predicted octanol–water partition coefficient (Wildman–Crippen LogP) is 3.49. The number of aliphatic hydroxyl groups is 1. The molecule has 1 aliphatic carbocycles. The second-order valence-corrected chi connectivity index (χ2v) is 6.19. The van der Waals surface area contributed by atoms with Crippen molar-refractivity contribution in [3.8, 4) is 11.5 Å². The van der Waals surface area contributed by atoms with E-state index in [0.29, 0.717) is 19.1 Å². The maximum Gasteiger partial charge on any atom is 0.161 e. The minimum Gasteiger partial charge on any atom is -0.490 e. The summed E-state index contributed by atoms with van der Waals surface area (Å²) in [5.41, 5.74) is 1.07. The number of ether oxygens (including phenoxy) is 2. The van der Waals surface area contributed by atoms with Crippen molar-refractivity contribution in [3.63, 3.8) is 0 Å². The molecule has 1 heterocycles. The molecule has 21 heavy (non-hydrogen) atoms. The Morgan fingerprint density at radius 1 is 1.24 bits per heavy atom. The maximum absolute atomic E-state index is 9.42. The Balaban J connectivity index is 1.70. The van der Waals surface area contributed by atoms with Crippen LogP contribution in [-0.2, 0) is 13.2 Å². The van der Waals surface area contributed by atoms with E-state index in [-0.39, 0.29) is 6.61 Å². The van der Waals surface area contributed by atoms with Crippen molar-refractivity contribution in [2.75, 3.05) is 6.61 Å². The van der Waals surface area contributed by atoms with E-state index in [1.54, 1.807) is 0 Å². The molecule has 1 aromatic heterocycles. The normalized spacial score (nSPS) is 14.2. The number of hydrogen-bond donors (Lipinski definition) is 1. The smallest absolute Gasteiger partial charge is 0.161 e. The SMILES string of the molecule is CCOc1ccccc1OCc1nc(C2CC2)c(CO)s1. The Labute approximate surface area is 128 Å². The number of aliphatic hydroxyl groups excluding tert-OH is 1. The average molecular weight is 305 g/mol. The molecular weight excluding hydrogens is 286 g/mol. The van der Waals surface area contributed by atoms with Crippen molar-refractivity contribution in [1.82, 2.24) is 4.98 Å². The molecule has 0 bridgehead atoms. The van der Waals surface area contributed by atoms with E-state index in [4.69, 9.17) is 9.47 Å². The Morgan fingerprint density at radius 2 is 1.95 bits per heavy atom. The van der Waals surface area contributed by atoms with Gasteiger partial charge in [0, 0.05) is 5.92 Å². The zero-order valence-corrected chi connectivity index (χ0v) is 12.9. The molecule has 5 heteroatoms. The van der Waals surface area contributed by atoms with Gasteiger partial charge in [0.1, 0.15) is 11.6 Å². The fourth-order valence-electron chi connectivity index (χ4n) is 2.25. The average Bonchev–Trinajstić information content (AvgIpc) is 3.27. The third-order valence-corrected chi connectivity index (χ3v) is 4.41. The van der Waals surface area contributed by atoms with Crippen LogP contribution in [0.3, 0.4) is 0 Å². The van der Waals surface area contributed by atoms with Gasteiger partial charge in [-0.15, -0.1) is 11.3 Å². The lowest BCUT2D eigenvalue weighted by Crippen LogP contribution is -1.99. The van der Waals surface area contributed by atoms with Gasteiger partial charge in [-0.25, -0.2) is 4.98 Å². The minimum atomic E-state index is 0.0685. The van der Waals surface area contributed by atoms with Crippen molar-refractivity contribution in [2.24, 2.45) is 0 Å². The van der Waals surface area contributed by atoms with E-state index in [1.807, 2.05) is 31.2 Å². The molecule has 1 N–H and O–H groups in total. The molecule has 112 valence electrons. The first-order valence-electron chi connectivity index (χ1n) is 7.25. The summed E-state index contributed by atoms with van der Waals surface area (Å²) in [6.45, 7) is 3.04. The van der Waals surface area contributed by atoms with Crippen LogP contribution in [0.2, 0.25) is 0 Å². The molecule has 2 aromatic rings. The van der Waals surface area contributed by atoms with Crippen molar-refractivity contribution < 1.29 is 14.6 Å². The maximum atomic E-state index is 9.42. The first-order chi connectivity index (χ1) is 10.3. The zero-order valence-electron chi connectivity index (χ0n) is 12.0. The first kappa shape index (κ1) is 14.4. The van der Waals surface area contributed by atoms with Crippen LogP contribution in [-0.4, -0.2) is 16.7 Å². The third kappa shape index (κ3) is 3.36. The highest BCUT2D eigenvalue weighted by atomic mass is 32.1. The molecule has 0 unspecified atom stereocenters. The van der Waals surface area contributed by atoms with Gasteiger partial charge in [-0.1, -0.05) is 12.1 Å². The molecule has 0 atom stereocenters. The summed E-state index contributed by atoms with van der Waals surface area (Å²) in [6, 6.07) is 7.65. The summed E-state index contributed by atoms with van der Waals surface area (Å²) in [5.74, 6) is 2.03. The van der Waals surface area contributed by atoms with E-state index >= 15 is 0 Å². The minimum absolute atomic E-state index is 0.0685. The molecule has 0 amide bonds. The van der Waals surface area contributed by atoms with Crippen LogP contribution < -0.4 is 9.47 Å². The van der Waals surface area contributed by atoms with Gasteiger partial charge >= 0.3 is 0 Å². The number of nitrogens with zero attached hydrogens (tertiary/aromatic N) is 1. The second-order valence-electron chi connectivity index (χ2n) is 5.02. The van der Waals surface area contributed by atoms with E-state index in [0.717, 1.165) is 27.1 Å². The fraction of sp³-hybridized carbons (Fsp3) is 0.438. The molecule has 4 nitrogen and oxygen atoms in total. The molecule has 3 rings (SSSR count). The van der Waals surface area contributed by atoms with Gasteiger partial charge < -0.3 is 14.6 Å². The molecule has 0 spiro atoms. The summed E-state index contributed by atoms with van der Waals surface area (Å²) < 4.78 is 11.4. The number of benzene rings is 1. The van der Waals surface area contributed by atoms with Crippen LogP contribution in [0.15, 0.2) is 24.3 Å². The predicted molar refractivity (Wildman–Crippen MR) is 82.0 cm³/mol. The van der Waals surface area contributed by atoms with E-state index < -0.39 is 0 Å². The summed E-state index contributed by atoms with van der Waals surface area (Å²) in [5, 5.41) is 10.3. The van der Waals surface area contributed by atoms with E-state index in [9.17, 15) is 5.11 Å². The van der Waals surface area contributed by atoms with Gasteiger partial charge in [0.2, 0.25) is 0 Å². The summed E-state index contributed by atoms with van der Waals surface area (Å²) >= 11 is 1.54. The van der Waals surface area contributed by atoms with Crippen molar-refractivity contribution in [1.29, 1.82) is 0 Å². The van der Waals surface area contributed by atoms with Crippen LogP contribution in [0.25, 0.3) is 0 Å². The Hall–Kier alpha value is -1.59. The topological polar surface area (TPSA) is 51.6 Å². The van der Waals surface area contributed by atoms with Crippen LogP contribution in [0.4, 0.5) is 0 Å². The van der Waals surface area contributed by atoms with Crippen molar-refractivity contribution in [2.45, 2.75) is 38.9 Å². The molecule has 0 radical (unpaired) electrons. The largest absolute Gasteiger partial charge is 0.490 e. The van der Waals surface area contributed by atoms with Crippen molar-refractivity contribution >= 4 is 11.3 Å². The van der Waals surface area contributed by atoms with Gasteiger partial charge in [0.25, 0.3) is 0 Å². The Morgan fingerprint density at radius 3 is 2.57 bits per heavy atom. The van der Waals surface area contributed by atoms with Gasteiger partial charge in [-0.2, -0.15) is 0 Å². The highest BCUT2D eigenvalue weighted by Crippen LogP contribution is 2.42. The lowest BCUT2D eigenvalue weighted by atomic mass is 10.2. The number of hydrogen-bond acceptors (Lipinski definition) is 5. The van der Waals surface area contributed by atoms with Gasteiger partial charge in [-0.3, -0.25) is 0 Å². The summed E-state index contributed by atoms with van der Waals surface area (Å²) in [4.78, 5) is 5.61. The number of para-hydroxylation sites is 2. The van der Waals surface area contributed by atoms with Crippen LogP contribution >= 0.6 is 11.3 Å². The molecule has 0 saturated heterocycles. The molecular formula is C16H19NO3S. The van der Waals surface area contributed by atoms with E-state index in [1.165, 1.54) is 24.2 Å². The van der Waals surface area contributed by atoms with E-state index in [2.05, 4.69) is 4.98 Å². The Bertz CT molecular complexity index is 607. The number of rotatable bonds is 7. The third-order valence-electron chi connectivity index (χ3n) is 3.38.